The lowest BCUT2D eigenvalue weighted by Crippen LogP contribution is -2.00. The van der Waals surface area contributed by atoms with E-state index in [9.17, 15) is 0 Å². The molecule has 0 radical (unpaired) electrons. The number of aromatic nitrogens is 3. The Labute approximate surface area is 162 Å². The van der Waals surface area contributed by atoms with Crippen molar-refractivity contribution >= 4 is 11.8 Å². The average Bonchev–Trinajstić information content (AvgIpc) is 3.38. The summed E-state index contributed by atoms with van der Waals surface area (Å²) in [5.41, 5.74) is 2.13. The van der Waals surface area contributed by atoms with E-state index in [1.54, 1.807) is 18.0 Å². The zero-order valence-electron chi connectivity index (χ0n) is 14.9. The zero-order valence-corrected chi connectivity index (χ0v) is 15.7. The van der Waals surface area contributed by atoms with Gasteiger partial charge in [-0.25, -0.2) is 0 Å². The maximum Gasteiger partial charge on any atom is 0.205 e. The fourth-order valence-electron chi connectivity index (χ4n) is 2.80. The van der Waals surface area contributed by atoms with E-state index >= 15 is 0 Å². The third kappa shape index (κ3) is 3.75. The van der Waals surface area contributed by atoms with Gasteiger partial charge in [0.15, 0.2) is 10.9 Å². The van der Waals surface area contributed by atoms with Gasteiger partial charge in [-0.3, -0.25) is 4.57 Å². The fraction of sp³-hybridized carbons (Fsp3) is 0.143. The molecule has 0 aliphatic carbocycles. The molecule has 0 saturated heterocycles. The number of rotatable bonds is 7. The summed E-state index contributed by atoms with van der Waals surface area (Å²) in [4.78, 5) is 0. The second kappa shape index (κ2) is 8.14. The van der Waals surface area contributed by atoms with Crippen molar-refractivity contribution in [2.45, 2.75) is 17.8 Å². The Balaban J connectivity index is 1.68. The molecule has 6 heteroatoms. The van der Waals surface area contributed by atoms with Crippen LogP contribution >= 0.6 is 11.8 Å². The topological polar surface area (TPSA) is 53.1 Å². The molecule has 5 nitrogen and oxygen atoms in total. The molecule has 0 spiro atoms. The highest BCUT2D eigenvalue weighted by atomic mass is 32.2. The van der Waals surface area contributed by atoms with E-state index < -0.39 is 0 Å². The first kappa shape index (κ1) is 17.4. The lowest BCUT2D eigenvalue weighted by molar-refractivity contribution is 0.337. The van der Waals surface area contributed by atoms with Crippen LogP contribution in [0.5, 0.6) is 5.75 Å². The molecule has 27 heavy (non-hydrogen) atoms. The summed E-state index contributed by atoms with van der Waals surface area (Å²) < 4.78 is 13.3. The molecule has 0 atom stereocenters. The number of nitrogens with zero attached hydrogens (tertiary/aromatic N) is 3. The van der Waals surface area contributed by atoms with Gasteiger partial charge in [0.2, 0.25) is 5.82 Å². The summed E-state index contributed by atoms with van der Waals surface area (Å²) in [6, 6.07) is 21.9. The molecule has 136 valence electrons. The summed E-state index contributed by atoms with van der Waals surface area (Å²) in [5, 5.41) is 9.59. The lowest BCUT2D eigenvalue weighted by Gasteiger charge is -2.11. The first-order valence-electron chi connectivity index (χ1n) is 8.75. The highest BCUT2D eigenvalue weighted by Gasteiger charge is 2.18. The van der Waals surface area contributed by atoms with Gasteiger partial charge in [0.25, 0.3) is 0 Å². The van der Waals surface area contributed by atoms with Crippen LogP contribution in [0.15, 0.2) is 82.6 Å². The molecule has 2 heterocycles. The summed E-state index contributed by atoms with van der Waals surface area (Å²) in [7, 11) is 0. The number of thioether (sulfide) groups is 1. The third-order valence-electron chi connectivity index (χ3n) is 4.02. The van der Waals surface area contributed by atoms with E-state index in [0.29, 0.717) is 18.2 Å². The van der Waals surface area contributed by atoms with Crippen LogP contribution in [0.3, 0.4) is 0 Å². The van der Waals surface area contributed by atoms with Gasteiger partial charge in [0.1, 0.15) is 5.75 Å². The number of hydrogen-bond acceptors (Lipinski definition) is 5. The maximum atomic E-state index is 5.73. The van der Waals surface area contributed by atoms with Crippen LogP contribution in [0, 0.1) is 0 Å². The smallest absolute Gasteiger partial charge is 0.205 e. The Hall–Kier alpha value is -2.99. The summed E-state index contributed by atoms with van der Waals surface area (Å²) in [6.07, 6.45) is 1.64. The Morgan fingerprint density at radius 2 is 1.78 bits per heavy atom. The predicted octanol–water partition coefficient (Wildman–Crippen LogP) is 5.22. The van der Waals surface area contributed by atoms with Gasteiger partial charge in [-0.1, -0.05) is 48.2 Å². The molecule has 2 aromatic heterocycles. The van der Waals surface area contributed by atoms with Crippen molar-refractivity contribution in [1.82, 2.24) is 14.8 Å². The monoisotopic (exact) mass is 377 g/mol. The highest BCUT2D eigenvalue weighted by Crippen LogP contribution is 2.31. The molecule has 2 aromatic carbocycles. The van der Waals surface area contributed by atoms with E-state index in [2.05, 4.69) is 16.3 Å². The van der Waals surface area contributed by atoms with Crippen LogP contribution in [0.4, 0.5) is 0 Å². The minimum atomic E-state index is 0.643. The number of benzene rings is 2. The molecule has 0 bridgehead atoms. The molecule has 0 fully saturated rings. The standard InChI is InChI=1S/C21H19N3O2S/c1-2-25-18-12-7-6-9-16(18)15-27-21-23-22-20(19-13-8-14-26-19)24(21)17-10-4-3-5-11-17/h3-14H,2,15H2,1H3. The number of para-hydroxylation sites is 2. The van der Waals surface area contributed by atoms with E-state index in [4.69, 9.17) is 9.15 Å². The van der Waals surface area contributed by atoms with Crippen molar-refractivity contribution in [2.75, 3.05) is 6.61 Å². The first-order chi connectivity index (χ1) is 13.4. The lowest BCUT2D eigenvalue weighted by atomic mass is 10.2. The maximum absolute atomic E-state index is 5.73. The van der Waals surface area contributed by atoms with E-state index in [1.165, 1.54) is 0 Å². The molecule has 0 N–H and O–H groups in total. The van der Waals surface area contributed by atoms with Crippen molar-refractivity contribution in [2.24, 2.45) is 0 Å². The van der Waals surface area contributed by atoms with Crippen molar-refractivity contribution < 1.29 is 9.15 Å². The zero-order chi connectivity index (χ0) is 18.5. The SMILES string of the molecule is CCOc1ccccc1CSc1nnc(-c2ccco2)n1-c1ccccc1. The molecular formula is C21H19N3O2S. The molecule has 0 saturated carbocycles. The van der Waals surface area contributed by atoms with Crippen LogP contribution in [-0.2, 0) is 5.75 Å². The summed E-state index contributed by atoms with van der Waals surface area (Å²) >= 11 is 1.62. The summed E-state index contributed by atoms with van der Waals surface area (Å²) in [5.74, 6) is 3.02. The van der Waals surface area contributed by atoms with Crippen molar-refractivity contribution in [3.8, 4) is 23.0 Å². The quantitative estimate of drug-likeness (QED) is 0.413. The Morgan fingerprint density at radius 1 is 0.963 bits per heavy atom. The van der Waals surface area contributed by atoms with Crippen LogP contribution in [0.25, 0.3) is 17.3 Å². The van der Waals surface area contributed by atoms with E-state index in [-0.39, 0.29) is 0 Å². The van der Waals surface area contributed by atoms with Gasteiger partial charge >= 0.3 is 0 Å². The highest BCUT2D eigenvalue weighted by molar-refractivity contribution is 7.98. The van der Waals surface area contributed by atoms with Crippen LogP contribution in [-0.4, -0.2) is 21.4 Å². The van der Waals surface area contributed by atoms with Gasteiger partial charge in [0.05, 0.1) is 12.9 Å². The average molecular weight is 377 g/mol. The van der Waals surface area contributed by atoms with Crippen LogP contribution < -0.4 is 4.74 Å². The van der Waals surface area contributed by atoms with Gasteiger partial charge in [-0.15, -0.1) is 10.2 Å². The summed E-state index contributed by atoms with van der Waals surface area (Å²) in [6.45, 7) is 2.64. The predicted molar refractivity (Wildman–Crippen MR) is 106 cm³/mol. The molecule has 0 aliphatic heterocycles. The number of furan rings is 1. The Morgan fingerprint density at radius 3 is 2.56 bits per heavy atom. The van der Waals surface area contributed by atoms with Gasteiger partial charge < -0.3 is 9.15 Å². The molecule has 0 aliphatic rings. The molecule has 4 rings (SSSR count). The van der Waals surface area contributed by atoms with Crippen LogP contribution in [0.1, 0.15) is 12.5 Å². The minimum absolute atomic E-state index is 0.643. The third-order valence-corrected chi connectivity index (χ3v) is 5.00. The molecule has 0 amide bonds. The second-order valence-corrected chi connectivity index (χ2v) is 6.73. The normalized spacial score (nSPS) is 10.9. The largest absolute Gasteiger partial charge is 0.494 e. The minimum Gasteiger partial charge on any atom is -0.494 e. The van der Waals surface area contributed by atoms with E-state index in [1.807, 2.05) is 72.2 Å². The van der Waals surface area contributed by atoms with Crippen molar-refractivity contribution in [1.29, 1.82) is 0 Å². The first-order valence-corrected chi connectivity index (χ1v) is 9.73. The molecule has 4 aromatic rings. The van der Waals surface area contributed by atoms with Crippen molar-refractivity contribution in [3.63, 3.8) is 0 Å². The number of ether oxygens (including phenoxy) is 1. The van der Waals surface area contributed by atoms with Gasteiger partial charge in [0, 0.05) is 17.0 Å². The van der Waals surface area contributed by atoms with E-state index in [0.717, 1.165) is 27.9 Å². The van der Waals surface area contributed by atoms with Crippen LogP contribution in [0.2, 0.25) is 0 Å². The fourth-order valence-corrected chi connectivity index (χ4v) is 3.74. The Kier molecular flexibility index (Phi) is 5.25. The Bertz CT molecular complexity index is 997. The molecule has 0 unspecified atom stereocenters. The molecular weight excluding hydrogens is 358 g/mol. The van der Waals surface area contributed by atoms with Gasteiger partial charge in [-0.2, -0.15) is 0 Å². The second-order valence-electron chi connectivity index (χ2n) is 5.78. The van der Waals surface area contributed by atoms with Gasteiger partial charge in [-0.05, 0) is 37.3 Å². The van der Waals surface area contributed by atoms with Crippen molar-refractivity contribution in [3.05, 3.63) is 78.6 Å². The number of hydrogen-bond donors (Lipinski definition) is 0.